The van der Waals surface area contributed by atoms with Crippen LogP contribution >= 0.6 is 0 Å². The summed E-state index contributed by atoms with van der Waals surface area (Å²) in [7, 11) is 0. The van der Waals surface area contributed by atoms with Gasteiger partial charge >= 0.3 is 0 Å². The molecule has 11 aromatic carbocycles. The van der Waals surface area contributed by atoms with E-state index in [9.17, 15) is 0 Å². The minimum Gasteiger partial charge on any atom is -0.310 e. The van der Waals surface area contributed by atoms with Gasteiger partial charge in [-0.05, 0) is 126 Å². The lowest BCUT2D eigenvalue weighted by Crippen LogP contribution is -2.28. The lowest BCUT2D eigenvalue weighted by Gasteiger charge is -2.36. The lowest BCUT2D eigenvalue weighted by atomic mass is 9.69. The summed E-state index contributed by atoms with van der Waals surface area (Å²) in [6.07, 6.45) is 0. The molecule has 0 heterocycles. The van der Waals surface area contributed by atoms with Gasteiger partial charge in [0.2, 0.25) is 0 Å². The van der Waals surface area contributed by atoms with Crippen LogP contribution in [-0.2, 0) is 5.41 Å². The van der Waals surface area contributed by atoms with Crippen molar-refractivity contribution in [2.75, 3.05) is 9.80 Å². The highest BCUT2D eigenvalue weighted by Crippen LogP contribution is 2.68. The number of rotatable bonds is 6. The SMILES string of the molecule is c1ccc(N(c2ccc3ccccc3c2)c2cccc3c2-c2ccccc2C32c3ccccc3-c3c2c(N(c2ccccc2)c2ccc4ccccc4c2)cc2ccccc32)cc1. The van der Waals surface area contributed by atoms with Crippen molar-refractivity contribution in [3.8, 4) is 22.3 Å². The first-order valence-electron chi connectivity index (χ1n) is 21.8. The van der Waals surface area contributed by atoms with Crippen LogP contribution in [0, 0.1) is 0 Å². The van der Waals surface area contributed by atoms with Crippen LogP contribution in [0.2, 0.25) is 0 Å². The van der Waals surface area contributed by atoms with Gasteiger partial charge in [-0.2, -0.15) is 0 Å². The van der Waals surface area contributed by atoms with E-state index in [1.165, 1.54) is 82.5 Å². The van der Waals surface area contributed by atoms with Crippen LogP contribution in [0.1, 0.15) is 22.3 Å². The van der Waals surface area contributed by atoms with E-state index in [0.717, 1.165) is 28.4 Å². The highest BCUT2D eigenvalue weighted by Gasteiger charge is 2.54. The Morgan fingerprint density at radius 2 is 0.730 bits per heavy atom. The van der Waals surface area contributed by atoms with Crippen molar-refractivity contribution in [3.63, 3.8) is 0 Å². The topological polar surface area (TPSA) is 6.48 Å². The molecule has 294 valence electrons. The van der Waals surface area contributed by atoms with E-state index in [0.29, 0.717) is 0 Å². The van der Waals surface area contributed by atoms with Gasteiger partial charge in [-0.15, -0.1) is 0 Å². The van der Waals surface area contributed by atoms with E-state index in [-0.39, 0.29) is 0 Å². The molecule has 2 aliphatic carbocycles. The largest absolute Gasteiger partial charge is 0.310 e. The van der Waals surface area contributed by atoms with Crippen molar-refractivity contribution in [1.82, 2.24) is 0 Å². The molecule has 63 heavy (non-hydrogen) atoms. The fourth-order valence-electron chi connectivity index (χ4n) is 11.0. The number of hydrogen-bond donors (Lipinski definition) is 0. The van der Waals surface area contributed by atoms with E-state index in [2.05, 4.69) is 252 Å². The molecule has 11 aromatic rings. The van der Waals surface area contributed by atoms with Crippen LogP contribution in [0.5, 0.6) is 0 Å². The second-order valence-corrected chi connectivity index (χ2v) is 16.8. The summed E-state index contributed by atoms with van der Waals surface area (Å²) in [5.41, 5.74) is 16.4. The molecule has 0 fully saturated rings. The van der Waals surface area contributed by atoms with Crippen LogP contribution in [0.25, 0.3) is 54.6 Å². The molecule has 1 unspecified atom stereocenters. The zero-order chi connectivity index (χ0) is 41.5. The third-order valence-corrected chi connectivity index (χ3v) is 13.5. The zero-order valence-corrected chi connectivity index (χ0v) is 34.5. The summed E-state index contributed by atoms with van der Waals surface area (Å²) in [5, 5.41) is 7.35. The smallest absolute Gasteiger partial charge is 0.0747 e. The first-order valence-corrected chi connectivity index (χ1v) is 21.8. The van der Waals surface area contributed by atoms with Crippen LogP contribution < -0.4 is 9.80 Å². The molecule has 0 amide bonds. The van der Waals surface area contributed by atoms with Crippen LogP contribution in [-0.4, -0.2) is 0 Å². The minimum atomic E-state index is -0.650. The van der Waals surface area contributed by atoms with Gasteiger partial charge in [-0.25, -0.2) is 0 Å². The van der Waals surface area contributed by atoms with Gasteiger partial charge in [0, 0.05) is 33.9 Å². The van der Waals surface area contributed by atoms with Gasteiger partial charge in [0.15, 0.2) is 0 Å². The molecule has 0 aliphatic heterocycles. The third kappa shape index (κ3) is 5.19. The molecule has 1 spiro atoms. The van der Waals surface area contributed by atoms with Crippen LogP contribution in [0.4, 0.5) is 34.1 Å². The maximum atomic E-state index is 2.52. The first kappa shape index (κ1) is 35.5. The van der Waals surface area contributed by atoms with E-state index < -0.39 is 5.41 Å². The summed E-state index contributed by atoms with van der Waals surface area (Å²) in [4.78, 5) is 4.98. The average molecular weight is 801 g/mol. The number of nitrogens with zero attached hydrogens (tertiary/aromatic N) is 2. The molecule has 2 heteroatoms. The minimum absolute atomic E-state index is 0.650. The quantitative estimate of drug-likeness (QED) is 0.165. The van der Waals surface area contributed by atoms with Crippen molar-refractivity contribution >= 4 is 66.4 Å². The first-order chi connectivity index (χ1) is 31.3. The lowest BCUT2D eigenvalue weighted by molar-refractivity contribution is 0.793. The van der Waals surface area contributed by atoms with E-state index >= 15 is 0 Å². The molecule has 0 saturated carbocycles. The second-order valence-electron chi connectivity index (χ2n) is 16.8. The van der Waals surface area contributed by atoms with Gasteiger partial charge in [-0.1, -0.05) is 182 Å². The molecule has 0 N–H and O–H groups in total. The van der Waals surface area contributed by atoms with Crippen molar-refractivity contribution in [2.45, 2.75) is 5.41 Å². The van der Waals surface area contributed by atoms with Gasteiger partial charge in [0.25, 0.3) is 0 Å². The number of benzene rings is 11. The number of fused-ring (bicyclic) bond motifs is 14. The van der Waals surface area contributed by atoms with Gasteiger partial charge < -0.3 is 9.80 Å². The maximum Gasteiger partial charge on any atom is 0.0747 e. The fraction of sp³-hybridized carbons (Fsp3) is 0.0164. The Bertz CT molecular complexity index is 3590. The van der Waals surface area contributed by atoms with Crippen molar-refractivity contribution < 1.29 is 0 Å². The van der Waals surface area contributed by atoms with Gasteiger partial charge in [0.05, 0.1) is 16.8 Å². The summed E-state index contributed by atoms with van der Waals surface area (Å²) in [6, 6.07) is 89.8. The van der Waals surface area contributed by atoms with Gasteiger partial charge in [-0.3, -0.25) is 0 Å². The number of para-hydroxylation sites is 2. The summed E-state index contributed by atoms with van der Waals surface area (Å²) < 4.78 is 0. The molecular weight excluding hydrogens is 761 g/mol. The number of hydrogen-bond acceptors (Lipinski definition) is 2. The Kier molecular flexibility index (Phi) is 7.85. The average Bonchev–Trinajstić information content (AvgIpc) is 3.83. The molecule has 2 nitrogen and oxygen atoms in total. The normalized spacial score (nSPS) is 14.4. The highest BCUT2D eigenvalue weighted by atomic mass is 15.2. The molecule has 0 aromatic heterocycles. The predicted molar refractivity (Wildman–Crippen MR) is 265 cm³/mol. The summed E-state index contributed by atoms with van der Waals surface area (Å²) in [6.45, 7) is 0. The van der Waals surface area contributed by atoms with E-state index in [1.807, 2.05) is 0 Å². The molecule has 13 rings (SSSR count). The van der Waals surface area contributed by atoms with E-state index in [4.69, 9.17) is 0 Å². The molecular formula is C61H40N2. The van der Waals surface area contributed by atoms with Gasteiger partial charge in [0.1, 0.15) is 0 Å². The van der Waals surface area contributed by atoms with Crippen molar-refractivity contribution in [1.29, 1.82) is 0 Å². The highest BCUT2D eigenvalue weighted by molar-refractivity contribution is 6.12. The molecule has 0 radical (unpaired) electrons. The molecule has 0 bridgehead atoms. The van der Waals surface area contributed by atoms with E-state index in [1.54, 1.807) is 0 Å². The molecule has 1 atom stereocenters. The fourth-order valence-corrected chi connectivity index (χ4v) is 11.0. The van der Waals surface area contributed by atoms with Crippen LogP contribution in [0.3, 0.4) is 0 Å². The Hall–Kier alpha value is -8.20. The Morgan fingerprint density at radius 1 is 0.270 bits per heavy atom. The molecule has 2 aliphatic rings. The summed E-state index contributed by atoms with van der Waals surface area (Å²) in [5.74, 6) is 0. The Labute approximate surface area is 367 Å². The summed E-state index contributed by atoms with van der Waals surface area (Å²) >= 11 is 0. The van der Waals surface area contributed by atoms with Crippen LogP contribution in [0.15, 0.2) is 243 Å². The Morgan fingerprint density at radius 3 is 1.33 bits per heavy atom. The standard InChI is InChI=1S/C61H40N2/c1-3-23-46(24-4-1)62(48-36-34-41-18-7-9-20-43(41)38-48)56-33-17-32-55-59(56)52-29-14-16-31-54(52)61(55)53-30-15-13-28-51(53)58-50-27-12-11-22-45(50)40-57(60(58)61)63(47-25-5-2-6-26-47)49-37-35-42-19-8-10-21-44(42)39-49/h1-40H. The monoisotopic (exact) mass is 800 g/mol. The van der Waals surface area contributed by atoms with Crippen molar-refractivity contribution in [2.24, 2.45) is 0 Å². The number of anilines is 6. The molecule has 0 saturated heterocycles. The third-order valence-electron chi connectivity index (χ3n) is 13.5. The second kappa shape index (κ2) is 13.9. The van der Waals surface area contributed by atoms with Crippen molar-refractivity contribution in [3.05, 3.63) is 265 Å². The Balaban J connectivity index is 1.17. The zero-order valence-electron chi connectivity index (χ0n) is 34.5. The predicted octanol–water partition coefficient (Wildman–Crippen LogP) is 16.4. The maximum absolute atomic E-state index is 2.52.